The highest BCUT2D eigenvalue weighted by Crippen LogP contribution is 2.19. The summed E-state index contributed by atoms with van der Waals surface area (Å²) >= 11 is 0. The molecule has 1 aromatic heterocycles. The number of rotatable bonds is 10. The molecular weight excluding hydrogens is 479 g/mol. The molecule has 29 heavy (non-hydrogen) atoms. The Balaban J connectivity index is 0.00000420. The van der Waals surface area contributed by atoms with Crippen LogP contribution < -0.4 is 15.4 Å². The van der Waals surface area contributed by atoms with Gasteiger partial charge in [-0.05, 0) is 30.9 Å². The molecule has 7 nitrogen and oxygen atoms in total. The van der Waals surface area contributed by atoms with Gasteiger partial charge in [0, 0.05) is 32.6 Å². The third kappa shape index (κ3) is 8.59. The minimum atomic E-state index is 0. The zero-order valence-electron chi connectivity index (χ0n) is 18.2. The molecule has 0 aliphatic rings. The van der Waals surface area contributed by atoms with Crippen LogP contribution in [0.5, 0.6) is 5.75 Å². The average molecular weight is 514 g/mol. The highest BCUT2D eigenvalue weighted by atomic mass is 127. The lowest BCUT2D eigenvalue weighted by Crippen LogP contribution is -2.40. The van der Waals surface area contributed by atoms with E-state index >= 15 is 0 Å². The maximum Gasteiger partial charge on any atom is 0.191 e. The molecule has 0 spiro atoms. The number of hydrogen-bond donors (Lipinski definition) is 2. The predicted octanol–water partition coefficient (Wildman–Crippen LogP) is 3.21. The van der Waals surface area contributed by atoms with Crippen molar-refractivity contribution < 1.29 is 4.74 Å². The SMILES string of the molecule is CCc1nncn1CCNC(=NCC(C)C)NCCc1cc(C)ccc1OC.I. The monoisotopic (exact) mass is 514 g/mol. The molecule has 0 unspecified atom stereocenters. The second-order valence-electron chi connectivity index (χ2n) is 7.30. The molecule has 1 heterocycles. The lowest BCUT2D eigenvalue weighted by molar-refractivity contribution is 0.409. The summed E-state index contributed by atoms with van der Waals surface area (Å²) in [6.07, 6.45) is 3.53. The molecule has 0 atom stereocenters. The Morgan fingerprint density at radius 1 is 1.24 bits per heavy atom. The second kappa shape index (κ2) is 13.4. The zero-order valence-corrected chi connectivity index (χ0v) is 20.6. The van der Waals surface area contributed by atoms with Gasteiger partial charge in [-0.25, -0.2) is 0 Å². The fourth-order valence-corrected chi connectivity index (χ4v) is 2.90. The first-order chi connectivity index (χ1) is 13.5. The van der Waals surface area contributed by atoms with Crippen LogP contribution in [0.1, 0.15) is 37.7 Å². The van der Waals surface area contributed by atoms with Gasteiger partial charge >= 0.3 is 0 Å². The van der Waals surface area contributed by atoms with E-state index in [4.69, 9.17) is 9.73 Å². The van der Waals surface area contributed by atoms with Gasteiger partial charge in [0.2, 0.25) is 0 Å². The van der Waals surface area contributed by atoms with Crippen LogP contribution in [0.15, 0.2) is 29.5 Å². The molecule has 162 valence electrons. The van der Waals surface area contributed by atoms with Crippen LogP contribution in [0, 0.1) is 12.8 Å². The van der Waals surface area contributed by atoms with E-state index in [1.165, 1.54) is 11.1 Å². The van der Waals surface area contributed by atoms with Crippen molar-refractivity contribution in [2.24, 2.45) is 10.9 Å². The van der Waals surface area contributed by atoms with Gasteiger partial charge in [0.05, 0.1) is 7.11 Å². The molecule has 8 heteroatoms. The number of hydrogen-bond acceptors (Lipinski definition) is 4. The van der Waals surface area contributed by atoms with E-state index in [1.807, 2.05) is 6.07 Å². The van der Waals surface area contributed by atoms with Gasteiger partial charge in [-0.2, -0.15) is 0 Å². The summed E-state index contributed by atoms with van der Waals surface area (Å²) in [7, 11) is 1.72. The van der Waals surface area contributed by atoms with Crippen molar-refractivity contribution in [1.82, 2.24) is 25.4 Å². The van der Waals surface area contributed by atoms with Gasteiger partial charge in [0.15, 0.2) is 5.96 Å². The molecule has 0 saturated heterocycles. The van der Waals surface area contributed by atoms with Crippen LogP contribution in [0.2, 0.25) is 0 Å². The van der Waals surface area contributed by atoms with Gasteiger partial charge in [0.1, 0.15) is 17.9 Å². The van der Waals surface area contributed by atoms with Crippen LogP contribution in [0.3, 0.4) is 0 Å². The number of halogens is 1. The molecule has 2 aromatic rings. The topological polar surface area (TPSA) is 76.4 Å². The minimum Gasteiger partial charge on any atom is -0.496 e. The molecule has 0 radical (unpaired) electrons. The Kier molecular flexibility index (Phi) is 11.6. The summed E-state index contributed by atoms with van der Waals surface area (Å²) in [5.41, 5.74) is 2.44. The van der Waals surface area contributed by atoms with Gasteiger partial charge in [0.25, 0.3) is 0 Å². The predicted molar refractivity (Wildman–Crippen MR) is 129 cm³/mol. The molecular formula is C21H35IN6O. The van der Waals surface area contributed by atoms with Crippen LogP contribution >= 0.6 is 24.0 Å². The average Bonchev–Trinajstić information content (AvgIpc) is 3.13. The highest BCUT2D eigenvalue weighted by Gasteiger charge is 2.06. The summed E-state index contributed by atoms with van der Waals surface area (Å²) < 4.78 is 7.55. The molecule has 0 aliphatic carbocycles. The molecule has 2 rings (SSSR count). The Morgan fingerprint density at radius 2 is 2.00 bits per heavy atom. The number of aryl methyl sites for hydroxylation is 2. The lowest BCUT2D eigenvalue weighted by Gasteiger charge is -2.15. The zero-order chi connectivity index (χ0) is 20.4. The first kappa shape index (κ1) is 25.2. The second-order valence-corrected chi connectivity index (χ2v) is 7.30. The lowest BCUT2D eigenvalue weighted by atomic mass is 10.1. The van der Waals surface area contributed by atoms with E-state index in [-0.39, 0.29) is 24.0 Å². The fraction of sp³-hybridized carbons (Fsp3) is 0.571. The first-order valence-electron chi connectivity index (χ1n) is 10.1. The van der Waals surface area contributed by atoms with Gasteiger partial charge in [-0.3, -0.25) is 4.99 Å². The number of ether oxygens (including phenoxy) is 1. The van der Waals surface area contributed by atoms with Gasteiger partial charge < -0.3 is 19.9 Å². The van der Waals surface area contributed by atoms with Crippen molar-refractivity contribution in [3.05, 3.63) is 41.5 Å². The molecule has 0 aliphatic heterocycles. The largest absolute Gasteiger partial charge is 0.496 e. The Morgan fingerprint density at radius 3 is 2.69 bits per heavy atom. The molecule has 0 amide bonds. The van der Waals surface area contributed by atoms with Crippen molar-refractivity contribution in [1.29, 1.82) is 0 Å². The van der Waals surface area contributed by atoms with Crippen LogP contribution in [0.4, 0.5) is 0 Å². The number of nitrogens with zero attached hydrogens (tertiary/aromatic N) is 4. The molecule has 0 saturated carbocycles. The van der Waals surface area contributed by atoms with E-state index in [0.717, 1.165) is 56.6 Å². The van der Waals surface area contributed by atoms with E-state index in [9.17, 15) is 0 Å². The summed E-state index contributed by atoms with van der Waals surface area (Å²) in [4.78, 5) is 4.70. The van der Waals surface area contributed by atoms with Crippen LogP contribution in [-0.4, -0.2) is 47.5 Å². The first-order valence-corrected chi connectivity index (χ1v) is 10.1. The van der Waals surface area contributed by atoms with Crippen molar-refractivity contribution in [2.45, 2.75) is 47.1 Å². The van der Waals surface area contributed by atoms with E-state index in [0.29, 0.717) is 5.92 Å². The number of guanidine groups is 1. The normalized spacial score (nSPS) is 11.3. The van der Waals surface area contributed by atoms with E-state index in [2.05, 4.69) is 65.2 Å². The number of aromatic nitrogens is 3. The Bertz CT molecular complexity index is 759. The van der Waals surface area contributed by atoms with Crippen LogP contribution in [-0.2, 0) is 19.4 Å². The molecule has 1 aromatic carbocycles. The third-order valence-electron chi connectivity index (χ3n) is 4.39. The number of benzene rings is 1. The van der Waals surface area contributed by atoms with Crippen molar-refractivity contribution >= 4 is 29.9 Å². The quantitative estimate of drug-likeness (QED) is 0.290. The summed E-state index contributed by atoms with van der Waals surface area (Å²) in [6, 6.07) is 6.28. The van der Waals surface area contributed by atoms with E-state index in [1.54, 1.807) is 13.4 Å². The number of aliphatic imine (C=N–C) groups is 1. The highest BCUT2D eigenvalue weighted by molar-refractivity contribution is 14.0. The van der Waals surface area contributed by atoms with E-state index < -0.39 is 0 Å². The molecule has 2 N–H and O–H groups in total. The van der Waals surface area contributed by atoms with Gasteiger partial charge in [-0.15, -0.1) is 34.2 Å². The smallest absolute Gasteiger partial charge is 0.191 e. The van der Waals surface area contributed by atoms with Crippen molar-refractivity contribution in [3.8, 4) is 5.75 Å². The fourth-order valence-electron chi connectivity index (χ4n) is 2.90. The Labute approximate surface area is 191 Å². The van der Waals surface area contributed by atoms with Crippen molar-refractivity contribution in [2.75, 3.05) is 26.7 Å². The standard InChI is InChI=1S/C21H34N6O.HI/c1-6-20-26-25-15-27(20)12-11-23-21(24-14-16(2)3)22-10-9-18-13-17(4)7-8-19(18)28-5;/h7-8,13,15-16H,6,9-12,14H2,1-5H3,(H2,22,23,24);1H. The Hall–Kier alpha value is -1.84. The van der Waals surface area contributed by atoms with Crippen LogP contribution in [0.25, 0.3) is 0 Å². The third-order valence-corrected chi connectivity index (χ3v) is 4.39. The molecule has 0 bridgehead atoms. The number of nitrogens with one attached hydrogen (secondary N) is 2. The summed E-state index contributed by atoms with van der Waals surface area (Å²) in [6.45, 7) is 11.7. The maximum atomic E-state index is 5.48. The number of methoxy groups -OCH3 is 1. The summed E-state index contributed by atoms with van der Waals surface area (Å²) in [5.74, 6) is 3.29. The van der Waals surface area contributed by atoms with Crippen molar-refractivity contribution in [3.63, 3.8) is 0 Å². The maximum absolute atomic E-state index is 5.48. The summed E-state index contributed by atoms with van der Waals surface area (Å²) in [5, 5.41) is 15.0. The molecule has 0 fully saturated rings. The van der Waals surface area contributed by atoms with Gasteiger partial charge in [-0.1, -0.05) is 38.5 Å². The minimum absolute atomic E-state index is 0.